The number of aromatic nitrogens is 1. The predicted octanol–water partition coefficient (Wildman–Crippen LogP) is 0.268. The molecule has 1 aromatic heterocycles. The van der Waals surface area contributed by atoms with E-state index in [1.165, 1.54) is 13.0 Å². The normalized spacial score (nSPS) is 16.1. The molecule has 3 rings (SSSR count). The molecule has 1 fully saturated rings. The second-order valence-corrected chi connectivity index (χ2v) is 6.01. The summed E-state index contributed by atoms with van der Waals surface area (Å²) < 4.78 is 0.472. The summed E-state index contributed by atoms with van der Waals surface area (Å²) >= 11 is 0. The van der Waals surface area contributed by atoms with Gasteiger partial charge in [-0.3, -0.25) is 9.59 Å². The lowest BCUT2D eigenvalue weighted by Gasteiger charge is -2.24. The van der Waals surface area contributed by atoms with Crippen LogP contribution in [0.25, 0.3) is 0 Å². The molecule has 0 radical (unpaired) electrons. The highest BCUT2D eigenvalue weighted by Crippen LogP contribution is 2.37. The van der Waals surface area contributed by atoms with Crippen molar-refractivity contribution in [2.24, 2.45) is 5.73 Å². The first-order valence-electron chi connectivity index (χ1n) is 7.68. The largest absolute Gasteiger partial charge is 0.507 e. The molecule has 0 aliphatic heterocycles. The molecule has 2 aromatic rings. The lowest BCUT2D eigenvalue weighted by atomic mass is 9.83. The number of ketones is 2. The first kappa shape index (κ1) is 17.5. The van der Waals surface area contributed by atoms with E-state index in [2.05, 4.69) is 0 Å². The molecule has 0 unspecified atom stereocenters. The van der Waals surface area contributed by atoms with E-state index in [0.29, 0.717) is 4.73 Å². The third-order valence-electron chi connectivity index (χ3n) is 4.51. The molecule has 0 atom stereocenters. The Labute approximate surface area is 147 Å². The summed E-state index contributed by atoms with van der Waals surface area (Å²) in [7, 11) is 0. The Morgan fingerprint density at radius 2 is 1.62 bits per heavy atom. The summed E-state index contributed by atoms with van der Waals surface area (Å²) in [6.07, 6.45) is 0.0387. The Morgan fingerprint density at radius 1 is 1.08 bits per heavy atom. The minimum atomic E-state index is -1.85. The number of nitrogens with zero attached hydrogens (tertiary/aromatic N) is 1. The summed E-state index contributed by atoms with van der Waals surface area (Å²) in [6.45, 7) is 1.42. The van der Waals surface area contributed by atoms with E-state index in [4.69, 9.17) is 10.6 Å². The summed E-state index contributed by atoms with van der Waals surface area (Å²) in [5, 5.41) is 29.4. The number of hydrogen-bond donors (Lipinski definition) is 4. The summed E-state index contributed by atoms with van der Waals surface area (Å²) in [5.41, 5.74) is 4.08. The number of carbonyl (C=O) groups excluding carboxylic acids is 3. The first-order valence-corrected chi connectivity index (χ1v) is 7.68. The van der Waals surface area contributed by atoms with Gasteiger partial charge in [-0.15, -0.1) is 4.73 Å². The van der Waals surface area contributed by atoms with Crippen molar-refractivity contribution >= 4 is 17.5 Å². The summed E-state index contributed by atoms with van der Waals surface area (Å²) in [5.74, 6) is -3.55. The van der Waals surface area contributed by atoms with Gasteiger partial charge in [-0.1, -0.05) is 6.07 Å². The van der Waals surface area contributed by atoms with E-state index in [9.17, 15) is 29.7 Å². The van der Waals surface area contributed by atoms with Gasteiger partial charge in [-0.2, -0.15) is 0 Å². The molecule has 0 amide bonds. The van der Waals surface area contributed by atoms with Crippen LogP contribution in [0.3, 0.4) is 0 Å². The van der Waals surface area contributed by atoms with Crippen LogP contribution in [-0.4, -0.2) is 37.6 Å². The summed E-state index contributed by atoms with van der Waals surface area (Å²) in [4.78, 5) is 41.3. The monoisotopic (exact) mass is 360 g/mol. The standard InChI is InChI=1S/C17H16N2O7/c1-8-10(17(18)11(20)4-5-12(17)21)3-2-9(15(8)24)16(25)26-19-13(22)6-7-14(19)23/h2-3,6-7,22-24H,4-5,18H2,1H3. The SMILES string of the molecule is Cc1c(C2(N)C(=O)CCC2=O)ccc(C(=O)On2c(O)ccc2O)c1O. The molecular formula is C17H16N2O7. The van der Waals surface area contributed by atoms with Crippen LogP contribution >= 0.6 is 0 Å². The van der Waals surface area contributed by atoms with Crippen molar-refractivity contribution in [2.75, 3.05) is 0 Å². The highest BCUT2D eigenvalue weighted by molar-refractivity contribution is 6.17. The average Bonchev–Trinajstić information content (AvgIpc) is 3.05. The third kappa shape index (κ3) is 2.40. The number of carbonyl (C=O) groups is 3. The summed E-state index contributed by atoms with van der Waals surface area (Å²) in [6, 6.07) is 4.67. The fourth-order valence-corrected chi connectivity index (χ4v) is 3.00. The van der Waals surface area contributed by atoms with Crippen molar-refractivity contribution in [1.82, 2.24) is 4.73 Å². The van der Waals surface area contributed by atoms with Gasteiger partial charge in [-0.05, 0) is 24.1 Å². The zero-order valence-corrected chi connectivity index (χ0v) is 13.7. The van der Waals surface area contributed by atoms with Gasteiger partial charge >= 0.3 is 5.97 Å². The number of phenols is 1. The van der Waals surface area contributed by atoms with Gasteiger partial charge in [0.05, 0.1) is 0 Å². The molecule has 9 heteroatoms. The molecule has 26 heavy (non-hydrogen) atoms. The quantitative estimate of drug-likeness (QED) is 0.569. The van der Waals surface area contributed by atoms with Crippen LogP contribution in [0.15, 0.2) is 24.3 Å². The van der Waals surface area contributed by atoms with Gasteiger partial charge in [0.15, 0.2) is 17.1 Å². The van der Waals surface area contributed by atoms with Crippen LogP contribution in [0.4, 0.5) is 0 Å². The first-order chi connectivity index (χ1) is 12.2. The van der Waals surface area contributed by atoms with Gasteiger partial charge in [0, 0.05) is 25.0 Å². The molecule has 136 valence electrons. The Kier molecular flexibility index (Phi) is 3.96. The molecule has 1 heterocycles. The lowest BCUT2D eigenvalue weighted by Crippen LogP contribution is -2.47. The van der Waals surface area contributed by atoms with Gasteiger partial charge in [0.1, 0.15) is 11.3 Å². The molecule has 9 nitrogen and oxygen atoms in total. The van der Waals surface area contributed by atoms with Crippen LogP contribution in [0.2, 0.25) is 0 Å². The van der Waals surface area contributed by atoms with Crippen molar-refractivity contribution in [1.29, 1.82) is 0 Å². The van der Waals surface area contributed by atoms with Crippen molar-refractivity contribution < 1.29 is 34.5 Å². The minimum absolute atomic E-state index is 0.0194. The van der Waals surface area contributed by atoms with Crippen LogP contribution < -0.4 is 10.6 Å². The average molecular weight is 360 g/mol. The number of aromatic hydroxyl groups is 3. The maximum Gasteiger partial charge on any atom is 0.367 e. The molecule has 1 aliphatic carbocycles. The number of hydrogen-bond acceptors (Lipinski definition) is 8. The second-order valence-electron chi connectivity index (χ2n) is 6.01. The maximum atomic E-state index is 12.2. The van der Waals surface area contributed by atoms with Crippen molar-refractivity contribution in [3.63, 3.8) is 0 Å². The zero-order valence-electron chi connectivity index (χ0n) is 13.7. The van der Waals surface area contributed by atoms with Crippen molar-refractivity contribution in [3.8, 4) is 17.5 Å². The maximum absolute atomic E-state index is 12.2. The number of rotatable bonds is 3. The number of phenolic OH excluding ortho intramolecular Hbond substituents is 1. The molecule has 1 saturated carbocycles. The van der Waals surface area contributed by atoms with E-state index >= 15 is 0 Å². The van der Waals surface area contributed by atoms with Crippen LogP contribution in [-0.2, 0) is 15.1 Å². The smallest absolute Gasteiger partial charge is 0.367 e. The Balaban J connectivity index is 1.99. The van der Waals surface area contributed by atoms with E-state index < -0.39 is 40.6 Å². The Hall–Kier alpha value is -3.33. The molecule has 0 bridgehead atoms. The van der Waals surface area contributed by atoms with E-state index in [0.717, 1.165) is 18.2 Å². The van der Waals surface area contributed by atoms with Crippen LogP contribution in [0.1, 0.15) is 34.3 Å². The van der Waals surface area contributed by atoms with Gasteiger partial charge < -0.3 is 25.9 Å². The third-order valence-corrected chi connectivity index (χ3v) is 4.51. The van der Waals surface area contributed by atoms with E-state index in [-0.39, 0.29) is 29.5 Å². The van der Waals surface area contributed by atoms with Crippen molar-refractivity contribution in [3.05, 3.63) is 41.0 Å². The zero-order chi connectivity index (χ0) is 19.2. The fraction of sp³-hybridized carbons (Fsp3) is 0.235. The van der Waals surface area contributed by atoms with Crippen LogP contribution in [0, 0.1) is 6.92 Å². The highest BCUT2D eigenvalue weighted by Gasteiger charge is 2.48. The topological polar surface area (TPSA) is 152 Å². The lowest BCUT2D eigenvalue weighted by molar-refractivity contribution is -0.129. The van der Waals surface area contributed by atoms with E-state index in [1.54, 1.807) is 0 Å². The number of nitrogens with two attached hydrogens (primary N) is 1. The van der Waals surface area contributed by atoms with Gasteiger partial charge in [0.25, 0.3) is 0 Å². The number of Topliss-reactive ketones (excluding diaryl/α,β-unsaturated/α-hetero) is 2. The van der Waals surface area contributed by atoms with Crippen molar-refractivity contribution in [2.45, 2.75) is 25.3 Å². The molecule has 1 aliphatic rings. The van der Waals surface area contributed by atoms with Gasteiger partial charge in [-0.25, -0.2) is 4.79 Å². The Bertz CT molecular complexity index is 909. The molecular weight excluding hydrogens is 344 g/mol. The Morgan fingerprint density at radius 3 is 2.15 bits per heavy atom. The highest BCUT2D eigenvalue weighted by atomic mass is 16.7. The molecule has 1 aromatic carbocycles. The minimum Gasteiger partial charge on any atom is -0.507 e. The molecule has 0 spiro atoms. The van der Waals surface area contributed by atoms with Gasteiger partial charge in [0.2, 0.25) is 11.8 Å². The number of benzene rings is 1. The van der Waals surface area contributed by atoms with E-state index in [1.807, 2.05) is 0 Å². The molecule has 5 N–H and O–H groups in total. The predicted molar refractivity (Wildman–Crippen MR) is 86.6 cm³/mol. The van der Waals surface area contributed by atoms with Crippen LogP contribution in [0.5, 0.6) is 17.5 Å². The second kappa shape index (κ2) is 5.88. The molecule has 0 saturated heterocycles. The fourth-order valence-electron chi connectivity index (χ4n) is 3.00.